The van der Waals surface area contributed by atoms with E-state index in [0.29, 0.717) is 30.4 Å². The number of halogens is 3. The Labute approximate surface area is 174 Å². The Balaban J connectivity index is 0.00000169. The number of amides is 1. The van der Waals surface area contributed by atoms with Crippen LogP contribution < -0.4 is 10.6 Å². The summed E-state index contributed by atoms with van der Waals surface area (Å²) in [6.07, 6.45) is 4.88. The number of nitrogens with one attached hydrogen (secondary N) is 2. The van der Waals surface area contributed by atoms with Crippen molar-refractivity contribution in [2.45, 2.75) is 25.7 Å². The van der Waals surface area contributed by atoms with Crippen LogP contribution in [0.5, 0.6) is 0 Å². The van der Waals surface area contributed by atoms with Gasteiger partial charge < -0.3 is 15.1 Å². The lowest BCUT2D eigenvalue weighted by Crippen LogP contribution is -2.26. The molecule has 144 valence electrons. The van der Waals surface area contributed by atoms with Crippen molar-refractivity contribution >= 4 is 46.7 Å². The summed E-state index contributed by atoms with van der Waals surface area (Å²) in [4.78, 5) is 16.2. The maximum atomic E-state index is 11.9. The van der Waals surface area contributed by atoms with E-state index in [2.05, 4.69) is 31.5 Å². The molecular weight excluding hydrogens is 441 g/mol. The molecule has 1 unspecified atom stereocenters. The molecule has 1 aromatic carbocycles. The highest BCUT2D eigenvalue weighted by Crippen LogP contribution is 2.28. The van der Waals surface area contributed by atoms with Crippen LogP contribution in [0.25, 0.3) is 11.3 Å². The molecule has 0 aliphatic carbocycles. The van der Waals surface area contributed by atoms with Crippen molar-refractivity contribution in [1.29, 1.82) is 0 Å². The summed E-state index contributed by atoms with van der Waals surface area (Å²) in [6.45, 7) is 2.92. The van der Waals surface area contributed by atoms with E-state index >= 15 is 0 Å². The summed E-state index contributed by atoms with van der Waals surface area (Å²) >= 11 is 3.50. The van der Waals surface area contributed by atoms with Crippen LogP contribution in [0.4, 0.5) is 0 Å². The first kappa shape index (κ1) is 23.0. The molecule has 0 saturated carbocycles. The molecule has 0 bridgehead atoms. The highest BCUT2D eigenvalue weighted by atomic mass is 79.9. The first-order valence-corrected chi connectivity index (χ1v) is 9.18. The lowest BCUT2D eigenvalue weighted by molar-refractivity contribution is -0.121. The number of nitrogens with zero attached hydrogens (tertiary/aromatic N) is 1. The zero-order valence-electron chi connectivity index (χ0n) is 14.4. The molecule has 5 nitrogen and oxygen atoms in total. The number of benzene rings is 1. The Hall–Kier alpha value is -1.08. The zero-order chi connectivity index (χ0) is 16.8. The molecule has 2 aromatic rings. The summed E-state index contributed by atoms with van der Waals surface area (Å²) in [5.41, 5.74) is 0.964. The Bertz CT molecular complexity index is 691. The molecule has 1 aromatic heterocycles. The Kier molecular flexibility index (Phi) is 10.2. The number of hydrogen-bond acceptors (Lipinski definition) is 4. The second-order valence-corrected chi connectivity index (χ2v) is 6.95. The predicted molar refractivity (Wildman–Crippen MR) is 111 cm³/mol. The molecule has 1 fully saturated rings. The normalized spacial score (nSPS) is 15.8. The third kappa shape index (κ3) is 6.58. The van der Waals surface area contributed by atoms with Crippen molar-refractivity contribution in [3.8, 4) is 11.3 Å². The molecule has 8 heteroatoms. The van der Waals surface area contributed by atoms with Crippen molar-refractivity contribution in [1.82, 2.24) is 15.6 Å². The highest BCUT2D eigenvalue weighted by Gasteiger charge is 2.14. The molecule has 1 saturated heterocycles. The molecule has 26 heavy (non-hydrogen) atoms. The molecule has 3 rings (SSSR count). The lowest BCUT2D eigenvalue weighted by atomic mass is 10.1. The van der Waals surface area contributed by atoms with E-state index in [0.717, 1.165) is 36.1 Å². The summed E-state index contributed by atoms with van der Waals surface area (Å²) in [7, 11) is 0. The van der Waals surface area contributed by atoms with Crippen molar-refractivity contribution in [2.24, 2.45) is 5.92 Å². The predicted octanol–water partition coefficient (Wildman–Crippen LogP) is 4.00. The number of aryl methyl sites for hydroxylation is 1. The van der Waals surface area contributed by atoms with Gasteiger partial charge in [-0.3, -0.25) is 4.79 Å². The smallest absolute Gasteiger partial charge is 0.220 e. The van der Waals surface area contributed by atoms with Crippen molar-refractivity contribution in [3.05, 3.63) is 40.8 Å². The van der Waals surface area contributed by atoms with Gasteiger partial charge in [-0.1, -0.05) is 34.1 Å². The SMILES string of the molecule is Cl.Cl.O=C(CCc1ncc(-c2ccccc2Br)o1)NCCC1CCNC1. The van der Waals surface area contributed by atoms with Gasteiger partial charge in [0, 0.05) is 29.4 Å². The maximum Gasteiger partial charge on any atom is 0.220 e. The summed E-state index contributed by atoms with van der Waals surface area (Å²) in [5.74, 6) is 2.06. The third-order valence-electron chi connectivity index (χ3n) is 4.30. The van der Waals surface area contributed by atoms with Crippen LogP contribution in [0.1, 0.15) is 25.2 Å². The summed E-state index contributed by atoms with van der Waals surface area (Å²) in [6, 6.07) is 7.84. The van der Waals surface area contributed by atoms with Gasteiger partial charge in [0.25, 0.3) is 0 Å². The van der Waals surface area contributed by atoms with Gasteiger partial charge in [0.2, 0.25) is 5.91 Å². The number of rotatable bonds is 7. The van der Waals surface area contributed by atoms with Crippen LogP contribution in [-0.2, 0) is 11.2 Å². The molecular formula is C18H24BrCl2N3O2. The highest BCUT2D eigenvalue weighted by molar-refractivity contribution is 9.10. The van der Waals surface area contributed by atoms with E-state index in [4.69, 9.17) is 4.42 Å². The molecule has 1 aliphatic heterocycles. The fourth-order valence-corrected chi connectivity index (χ4v) is 3.38. The largest absolute Gasteiger partial charge is 0.441 e. The van der Waals surface area contributed by atoms with Gasteiger partial charge in [-0.25, -0.2) is 4.98 Å². The number of hydrogen-bond donors (Lipinski definition) is 2. The molecule has 2 N–H and O–H groups in total. The molecule has 1 aliphatic rings. The van der Waals surface area contributed by atoms with Crippen molar-refractivity contribution in [2.75, 3.05) is 19.6 Å². The molecule has 1 amide bonds. The third-order valence-corrected chi connectivity index (χ3v) is 4.99. The summed E-state index contributed by atoms with van der Waals surface area (Å²) in [5, 5.41) is 6.32. The topological polar surface area (TPSA) is 67.2 Å². The van der Waals surface area contributed by atoms with Crippen LogP contribution in [0.2, 0.25) is 0 Å². The average molecular weight is 465 g/mol. The van der Waals surface area contributed by atoms with Crippen LogP contribution in [0.15, 0.2) is 39.4 Å². The van der Waals surface area contributed by atoms with Crippen molar-refractivity contribution < 1.29 is 9.21 Å². The maximum absolute atomic E-state index is 11.9. The van der Waals surface area contributed by atoms with Crippen molar-refractivity contribution in [3.63, 3.8) is 0 Å². The van der Waals surface area contributed by atoms with Crippen LogP contribution >= 0.6 is 40.7 Å². The van der Waals surface area contributed by atoms with E-state index in [1.54, 1.807) is 6.20 Å². The van der Waals surface area contributed by atoms with Gasteiger partial charge in [-0.2, -0.15) is 0 Å². The first-order chi connectivity index (χ1) is 11.7. The average Bonchev–Trinajstić information content (AvgIpc) is 3.25. The Morgan fingerprint density at radius 3 is 2.88 bits per heavy atom. The van der Waals surface area contributed by atoms with Gasteiger partial charge in [0.1, 0.15) is 0 Å². The van der Waals surface area contributed by atoms with Gasteiger partial charge in [0.05, 0.1) is 6.20 Å². The second kappa shape index (κ2) is 11.6. The van der Waals surface area contributed by atoms with E-state index < -0.39 is 0 Å². The molecule has 0 radical (unpaired) electrons. The van der Waals surface area contributed by atoms with E-state index in [-0.39, 0.29) is 30.7 Å². The van der Waals surface area contributed by atoms with Crippen LogP contribution in [-0.4, -0.2) is 30.5 Å². The second-order valence-electron chi connectivity index (χ2n) is 6.10. The summed E-state index contributed by atoms with van der Waals surface area (Å²) < 4.78 is 6.72. The first-order valence-electron chi connectivity index (χ1n) is 8.39. The van der Waals surface area contributed by atoms with E-state index in [1.807, 2.05) is 24.3 Å². The van der Waals surface area contributed by atoms with Gasteiger partial charge in [-0.15, -0.1) is 24.8 Å². The molecule has 0 spiro atoms. The van der Waals surface area contributed by atoms with Gasteiger partial charge >= 0.3 is 0 Å². The fraction of sp³-hybridized carbons (Fsp3) is 0.444. The van der Waals surface area contributed by atoms with Gasteiger partial charge in [-0.05, 0) is 37.9 Å². The van der Waals surface area contributed by atoms with E-state index in [1.165, 1.54) is 6.42 Å². The van der Waals surface area contributed by atoms with Crippen LogP contribution in [0, 0.1) is 5.92 Å². The number of aromatic nitrogens is 1. The fourth-order valence-electron chi connectivity index (χ4n) is 2.90. The zero-order valence-corrected chi connectivity index (χ0v) is 17.6. The lowest BCUT2D eigenvalue weighted by Gasteiger charge is -2.08. The monoisotopic (exact) mass is 463 g/mol. The minimum absolute atomic E-state index is 0. The Morgan fingerprint density at radius 1 is 1.35 bits per heavy atom. The van der Waals surface area contributed by atoms with Gasteiger partial charge in [0.15, 0.2) is 11.7 Å². The standard InChI is InChI=1S/C18H22BrN3O2.2ClH/c19-15-4-2-1-3-14(15)16-12-22-18(24-16)6-5-17(23)21-10-8-13-7-9-20-11-13;;/h1-4,12-13,20H,5-11H2,(H,21,23);2*1H. The minimum atomic E-state index is 0. The number of carbonyl (C=O) groups is 1. The number of carbonyl (C=O) groups excluding carboxylic acids is 1. The molecule has 1 atom stereocenters. The van der Waals surface area contributed by atoms with E-state index in [9.17, 15) is 4.79 Å². The molecule has 2 heterocycles. The number of oxazole rings is 1. The van der Waals surface area contributed by atoms with Crippen LogP contribution in [0.3, 0.4) is 0 Å². The minimum Gasteiger partial charge on any atom is -0.441 e. The quantitative estimate of drug-likeness (QED) is 0.649. The Morgan fingerprint density at radius 2 is 2.15 bits per heavy atom.